The van der Waals surface area contributed by atoms with Gasteiger partial charge in [0.1, 0.15) is 11.6 Å². The predicted molar refractivity (Wildman–Crippen MR) is 68.0 cm³/mol. The van der Waals surface area contributed by atoms with Crippen LogP contribution in [0.1, 0.15) is 38.3 Å². The summed E-state index contributed by atoms with van der Waals surface area (Å²) in [5, 5.41) is 27.7. The van der Waals surface area contributed by atoms with Crippen LogP contribution in [-0.2, 0) is 16.8 Å². The van der Waals surface area contributed by atoms with Gasteiger partial charge in [-0.1, -0.05) is 20.8 Å². The molecule has 0 radical (unpaired) electrons. The van der Waals surface area contributed by atoms with E-state index in [1.54, 1.807) is 0 Å². The molecule has 0 unspecified atom stereocenters. The summed E-state index contributed by atoms with van der Waals surface area (Å²) in [6, 6.07) is 3.15. The lowest BCUT2D eigenvalue weighted by Gasteiger charge is -2.22. The predicted octanol–water partition coefficient (Wildman–Crippen LogP) is 1.20. The van der Waals surface area contributed by atoms with Gasteiger partial charge in [-0.15, -0.1) is 0 Å². The topological polar surface area (TPSA) is 103 Å². The highest BCUT2D eigenvalue weighted by Gasteiger charge is 2.24. The molecule has 0 aliphatic heterocycles. The molecule has 0 bridgehead atoms. The van der Waals surface area contributed by atoms with E-state index < -0.39 is 22.8 Å². The van der Waals surface area contributed by atoms with Gasteiger partial charge in [-0.25, -0.2) is 0 Å². The Morgan fingerprint density at radius 1 is 1.47 bits per heavy atom. The third-order valence-corrected chi connectivity index (χ3v) is 2.75. The number of nitriles is 1. The highest BCUT2D eigenvalue weighted by molar-refractivity contribution is 5.66. The Hall–Kier alpha value is -2.29. The summed E-state index contributed by atoms with van der Waals surface area (Å²) in [5.41, 5.74) is -0.516. The number of carboxylic acids is 1. The van der Waals surface area contributed by atoms with Gasteiger partial charge in [-0.3, -0.25) is 14.2 Å². The zero-order valence-corrected chi connectivity index (χ0v) is 11.1. The minimum Gasteiger partial charge on any atom is -0.493 e. The molecular formula is C13H16N2O4. The lowest BCUT2D eigenvalue weighted by atomic mass is 9.84. The quantitative estimate of drug-likeness (QED) is 0.853. The molecule has 0 fully saturated rings. The number of rotatable bonds is 3. The maximum Gasteiger partial charge on any atom is 0.305 e. The second-order valence-corrected chi connectivity index (χ2v) is 5.25. The van der Waals surface area contributed by atoms with Crippen molar-refractivity contribution in [3.05, 3.63) is 27.5 Å². The van der Waals surface area contributed by atoms with Crippen molar-refractivity contribution in [2.45, 2.75) is 39.2 Å². The van der Waals surface area contributed by atoms with Gasteiger partial charge in [0.15, 0.2) is 0 Å². The average molecular weight is 264 g/mol. The highest BCUT2D eigenvalue weighted by Crippen LogP contribution is 2.29. The van der Waals surface area contributed by atoms with Gasteiger partial charge in [-0.2, -0.15) is 5.26 Å². The lowest BCUT2D eigenvalue weighted by molar-refractivity contribution is -0.137. The normalized spacial score (nSPS) is 11.1. The molecule has 0 saturated heterocycles. The van der Waals surface area contributed by atoms with Crippen molar-refractivity contribution < 1.29 is 15.0 Å². The molecule has 0 aliphatic carbocycles. The van der Waals surface area contributed by atoms with Gasteiger partial charge in [0.25, 0.3) is 5.56 Å². The number of aromatic nitrogens is 1. The smallest absolute Gasteiger partial charge is 0.305 e. The Morgan fingerprint density at radius 3 is 2.47 bits per heavy atom. The van der Waals surface area contributed by atoms with Gasteiger partial charge >= 0.3 is 5.97 Å². The molecule has 19 heavy (non-hydrogen) atoms. The number of pyridine rings is 1. The largest absolute Gasteiger partial charge is 0.493 e. The maximum absolute atomic E-state index is 11.9. The average Bonchev–Trinajstić information content (AvgIpc) is 2.26. The van der Waals surface area contributed by atoms with E-state index in [0.717, 1.165) is 4.57 Å². The van der Waals surface area contributed by atoms with Gasteiger partial charge in [0.05, 0.1) is 6.42 Å². The maximum atomic E-state index is 11.9. The van der Waals surface area contributed by atoms with Crippen molar-refractivity contribution in [3.8, 4) is 11.9 Å². The van der Waals surface area contributed by atoms with Crippen LogP contribution in [0.25, 0.3) is 0 Å². The molecule has 1 rings (SSSR count). The highest BCUT2D eigenvalue weighted by atomic mass is 16.4. The summed E-state index contributed by atoms with van der Waals surface area (Å²) in [6.07, 6.45) is -0.298. The molecule has 0 aromatic carbocycles. The molecule has 2 N–H and O–H groups in total. The Kier molecular flexibility index (Phi) is 4.00. The lowest BCUT2D eigenvalue weighted by Crippen LogP contribution is -2.26. The Bertz CT molecular complexity index is 603. The molecule has 0 saturated carbocycles. The molecule has 6 nitrogen and oxygen atoms in total. The number of nitrogens with zero attached hydrogens (tertiary/aromatic N) is 2. The van der Waals surface area contributed by atoms with Crippen LogP contribution in [0.4, 0.5) is 0 Å². The molecular weight excluding hydrogens is 248 g/mol. The first-order valence-corrected chi connectivity index (χ1v) is 5.77. The van der Waals surface area contributed by atoms with E-state index in [4.69, 9.17) is 10.4 Å². The fourth-order valence-electron chi connectivity index (χ4n) is 1.76. The van der Waals surface area contributed by atoms with Gasteiger partial charge in [0.2, 0.25) is 5.88 Å². The second-order valence-electron chi connectivity index (χ2n) is 5.25. The van der Waals surface area contributed by atoms with Crippen LogP contribution < -0.4 is 5.56 Å². The Balaban J connectivity index is 3.44. The van der Waals surface area contributed by atoms with Crippen molar-refractivity contribution in [1.29, 1.82) is 5.26 Å². The van der Waals surface area contributed by atoms with Gasteiger partial charge < -0.3 is 10.2 Å². The summed E-state index contributed by atoms with van der Waals surface area (Å²) in [7, 11) is 0. The molecule has 0 amide bonds. The molecule has 102 valence electrons. The number of hydrogen-bond acceptors (Lipinski definition) is 4. The molecule has 6 heteroatoms. The fourth-order valence-corrected chi connectivity index (χ4v) is 1.76. The SMILES string of the molecule is CC(C)(C)c1cc(=O)n(CCC(=O)O)c(O)c1C#N. The molecule has 1 aromatic rings. The van der Waals surface area contributed by atoms with Gasteiger partial charge in [0, 0.05) is 12.6 Å². The second kappa shape index (κ2) is 5.14. The first kappa shape index (κ1) is 14.8. The van der Waals surface area contributed by atoms with Crippen molar-refractivity contribution in [2.75, 3.05) is 0 Å². The standard InChI is InChI=1S/C13H16N2O4/c1-13(2,3)9-6-10(16)15(5-4-11(17)18)12(19)8(9)7-14/h6,19H,4-5H2,1-3H3,(H,17,18). The van der Waals surface area contributed by atoms with Crippen LogP contribution in [0.3, 0.4) is 0 Å². The van der Waals surface area contributed by atoms with E-state index >= 15 is 0 Å². The molecule has 1 heterocycles. The van der Waals surface area contributed by atoms with Gasteiger partial charge in [-0.05, 0) is 11.0 Å². The van der Waals surface area contributed by atoms with Crippen molar-refractivity contribution in [1.82, 2.24) is 4.57 Å². The fraction of sp³-hybridized carbons (Fsp3) is 0.462. The third-order valence-electron chi connectivity index (χ3n) is 2.75. The van der Waals surface area contributed by atoms with E-state index in [0.29, 0.717) is 5.56 Å². The van der Waals surface area contributed by atoms with E-state index in [1.807, 2.05) is 26.8 Å². The zero-order valence-electron chi connectivity index (χ0n) is 11.1. The summed E-state index contributed by atoms with van der Waals surface area (Å²) in [5.74, 6) is -1.55. The monoisotopic (exact) mass is 264 g/mol. The molecule has 0 spiro atoms. The number of carboxylic acid groups (broad SMARTS) is 1. The summed E-state index contributed by atoms with van der Waals surface area (Å²) in [6.45, 7) is 5.30. The number of aromatic hydroxyl groups is 1. The Labute approximate surface area is 110 Å². The molecule has 0 aliphatic rings. The third kappa shape index (κ3) is 3.13. The van der Waals surface area contributed by atoms with Crippen molar-refractivity contribution in [3.63, 3.8) is 0 Å². The van der Waals surface area contributed by atoms with Crippen molar-refractivity contribution >= 4 is 5.97 Å². The van der Waals surface area contributed by atoms with Crippen LogP contribution in [0.2, 0.25) is 0 Å². The summed E-state index contributed by atoms with van der Waals surface area (Å²) < 4.78 is 0.905. The Morgan fingerprint density at radius 2 is 2.05 bits per heavy atom. The summed E-state index contributed by atoms with van der Waals surface area (Å²) >= 11 is 0. The van der Waals surface area contributed by atoms with E-state index in [-0.39, 0.29) is 18.5 Å². The van der Waals surface area contributed by atoms with Crippen LogP contribution in [-0.4, -0.2) is 20.7 Å². The van der Waals surface area contributed by atoms with Crippen LogP contribution >= 0.6 is 0 Å². The van der Waals surface area contributed by atoms with E-state index in [9.17, 15) is 14.7 Å². The van der Waals surface area contributed by atoms with E-state index in [2.05, 4.69) is 0 Å². The van der Waals surface area contributed by atoms with Crippen molar-refractivity contribution in [2.24, 2.45) is 0 Å². The first-order chi connectivity index (χ1) is 8.68. The van der Waals surface area contributed by atoms with Crippen LogP contribution in [0, 0.1) is 11.3 Å². The first-order valence-electron chi connectivity index (χ1n) is 5.77. The minimum atomic E-state index is -1.08. The van der Waals surface area contributed by atoms with Crippen LogP contribution in [0.15, 0.2) is 10.9 Å². The number of carbonyl (C=O) groups is 1. The summed E-state index contributed by atoms with van der Waals surface area (Å²) in [4.78, 5) is 22.4. The molecule has 1 aromatic heterocycles. The zero-order chi connectivity index (χ0) is 14.8. The van der Waals surface area contributed by atoms with Crippen LogP contribution in [0.5, 0.6) is 5.88 Å². The number of aliphatic carboxylic acids is 1. The molecule has 0 atom stereocenters. The van der Waals surface area contributed by atoms with E-state index in [1.165, 1.54) is 6.07 Å². The minimum absolute atomic E-state index is 0.0116. The number of hydrogen-bond donors (Lipinski definition) is 2.